The minimum absolute atomic E-state index is 0.187. The average molecular weight is 298 g/mol. The van der Waals surface area contributed by atoms with Crippen LogP contribution in [0.15, 0.2) is 36.4 Å². The van der Waals surface area contributed by atoms with Crippen LogP contribution in [0.1, 0.15) is 36.5 Å². The zero-order valence-corrected chi connectivity index (χ0v) is 13.2. The predicted octanol–water partition coefficient (Wildman–Crippen LogP) is 4.07. The number of fused-ring (bicyclic) bond motifs is 1. The fraction of sp³-hybridized carbons (Fsp3) is 0.368. The van der Waals surface area contributed by atoms with E-state index in [0.717, 1.165) is 12.0 Å². The predicted molar refractivity (Wildman–Crippen MR) is 86.6 cm³/mol. The van der Waals surface area contributed by atoms with E-state index in [9.17, 15) is 10.2 Å². The highest BCUT2D eigenvalue weighted by Gasteiger charge is 2.33. The molecule has 3 atom stereocenters. The molecule has 0 aromatic heterocycles. The third-order valence-electron chi connectivity index (χ3n) is 4.99. The van der Waals surface area contributed by atoms with E-state index in [1.807, 2.05) is 24.3 Å². The molecule has 0 bridgehead atoms. The van der Waals surface area contributed by atoms with Gasteiger partial charge in [0.25, 0.3) is 0 Å². The van der Waals surface area contributed by atoms with Gasteiger partial charge in [-0.05, 0) is 59.2 Å². The molecule has 0 unspecified atom stereocenters. The molecule has 0 heterocycles. The van der Waals surface area contributed by atoms with E-state index in [2.05, 4.69) is 13.8 Å². The first-order chi connectivity index (χ1) is 10.5. The van der Waals surface area contributed by atoms with Crippen molar-refractivity contribution in [3.05, 3.63) is 53.1 Å². The fourth-order valence-corrected chi connectivity index (χ4v) is 3.57. The first-order valence-corrected chi connectivity index (χ1v) is 7.70. The van der Waals surface area contributed by atoms with E-state index in [4.69, 9.17) is 4.74 Å². The summed E-state index contributed by atoms with van der Waals surface area (Å²) in [6, 6.07) is 11.2. The Labute approximate surface area is 131 Å². The fourth-order valence-electron chi connectivity index (χ4n) is 3.57. The average Bonchev–Trinajstić information content (AvgIpc) is 2.50. The highest BCUT2D eigenvalue weighted by molar-refractivity contribution is 5.52. The summed E-state index contributed by atoms with van der Waals surface area (Å²) >= 11 is 0. The normalized spacial score (nSPS) is 23.9. The molecule has 2 aromatic carbocycles. The van der Waals surface area contributed by atoms with Crippen LogP contribution in [0.2, 0.25) is 0 Å². The number of hydrogen-bond donors (Lipinski definition) is 2. The monoisotopic (exact) mass is 298 g/mol. The van der Waals surface area contributed by atoms with Crippen molar-refractivity contribution in [3.63, 3.8) is 0 Å². The number of phenolic OH excluding ortho intramolecular Hbond substituents is 2. The minimum atomic E-state index is 0.187. The van der Waals surface area contributed by atoms with Crippen molar-refractivity contribution in [3.8, 4) is 17.2 Å². The van der Waals surface area contributed by atoms with E-state index in [0.29, 0.717) is 17.6 Å². The van der Waals surface area contributed by atoms with Gasteiger partial charge in [0, 0.05) is 5.92 Å². The maximum absolute atomic E-state index is 10.2. The van der Waals surface area contributed by atoms with Crippen molar-refractivity contribution >= 4 is 0 Å². The lowest BCUT2D eigenvalue weighted by Gasteiger charge is -2.37. The number of benzene rings is 2. The molecule has 1 aliphatic rings. The van der Waals surface area contributed by atoms with Crippen LogP contribution in [0.25, 0.3) is 0 Å². The van der Waals surface area contributed by atoms with Crippen molar-refractivity contribution in [2.45, 2.75) is 26.2 Å². The zero-order valence-electron chi connectivity index (χ0n) is 13.2. The third kappa shape index (κ3) is 2.41. The van der Waals surface area contributed by atoms with Crippen molar-refractivity contribution in [2.24, 2.45) is 11.8 Å². The van der Waals surface area contributed by atoms with Gasteiger partial charge in [0.05, 0.1) is 7.11 Å². The maximum Gasteiger partial charge on any atom is 0.160 e. The van der Waals surface area contributed by atoms with E-state index in [1.54, 1.807) is 19.2 Å². The largest absolute Gasteiger partial charge is 0.508 e. The van der Waals surface area contributed by atoms with Gasteiger partial charge in [0.15, 0.2) is 11.5 Å². The molecule has 1 aliphatic carbocycles. The zero-order chi connectivity index (χ0) is 15.9. The highest BCUT2D eigenvalue weighted by atomic mass is 16.5. The van der Waals surface area contributed by atoms with Crippen LogP contribution in [-0.2, 0) is 6.42 Å². The van der Waals surface area contributed by atoms with Crippen LogP contribution in [0.4, 0.5) is 0 Å². The molecule has 0 fully saturated rings. The van der Waals surface area contributed by atoms with E-state index in [1.165, 1.54) is 11.1 Å². The molecular formula is C19H22O3. The minimum Gasteiger partial charge on any atom is -0.508 e. The molecule has 0 radical (unpaired) electrons. The first kappa shape index (κ1) is 14.8. The summed E-state index contributed by atoms with van der Waals surface area (Å²) in [6.07, 6.45) is 0.988. The maximum atomic E-state index is 10.2. The number of phenols is 2. The quantitative estimate of drug-likeness (QED) is 0.878. The second-order valence-electron chi connectivity index (χ2n) is 6.33. The Balaban J connectivity index is 2.14. The molecule has 3 nitrogen and oxygen atoms in total. The standard InChI is InChI=1S/C19H22O3/c1-11-8-14-9-18(22-3)17(21)10-16(14)19(12(11)2)13-4-6-15(20)7-5-13/h4-7,9-12,19-21H,8H2,1-3H3/t11-,12+,19+/m1/s1. The van der Waals surface area contributed by atoms with Gasteiger partial charge in [-0.1, -0.05) is 26.0 Å². The number of ether oxygens (including phenoxy) is 1. The number of rotatable bonds is 2. The van der Waals surface area contributed by atoms with E-state index < -0.39 is 0 Å². The van der Waals surface area contributed by atoms with Crippen LogP contribution in [0.3, 0.4) is 0 Å². The van der Waals surface area contributed by atoms with Crippen molar-refractivity contribution in [1.29, 1.82) is 0 Å². The molecule has 0 amide bonds. The Hall–Kier alpha value is -2.16. The Morgan fingerprint density at radius 2 is 1.73 bits per heavy atom. The van der Waals surface area contributed by atoms with E-state index in [-0.39, 0.29) is 17.4 Å². The second kappa shape index (κ2) is 5.56. The highest BCUT2D eigenvalue weighted by Crippen LogP contribution is 2.46. The van der Waals surface area contributed by atoms with Crippen molar-refractivity contribution in [1.82, 2.24) is 0 Å². The van der Waals surface area contributed by atoms with Gasteiger partial charge in [0.1, 0.15) is 5.75 Å². The Kier molecular flexibility index (Phi) is 3.73. The molecule has 0 aliphatic heterocycles. The topological polar surface area (TPSA) is 49.7 Å². The van der Waals surface area contributed by atoms with Crippen LogP contribution in [0.5, 0.6) is 17.2 Å². The lowest BCUT2D eigenvalue weighted by Crippen LogP contribution is -2.26. The molecule has 116 valence electrons. The molecule has 2 aromatic rings. The number of aromatic hydroxyl groups is 2. The van der Waals surface area contributed by atoms with Crippen LogP contribution >= 0.6 is 0 Å². The Bertz CT molecular complexity index is 676. The number of hydrogen-bond acceptors (Lipinski definition) is 3. The molecule has 0 saturated carbocycles. The summed E-state index contributed by atoms with van der Waals surface area (Å²) in [7, 11) is 1.58. The molecule has 0 spiro atoms. The van der Waals surface area contributed by atoms with Gasteiger partial charge < -0.3 is 14.9 Å². The number of methoxy groups -OCH3 is 1. The second-order valence-corrected chi connectivity index (χ2v) is 6.33. The smallest absolute Gasteiger partial charge is 0.160 e. The SMILES string of the molecule is COc1cc2c(cc1O)[C@H](c1ccc(O)cc1)[C@@H](C)[C@H](C)C2. The van der Waals surface area contributed by atoms with Crippen molar-refractivity contribution < 1.29 is 14.9 Å². The molecular weight excluding hydrogens is 276 g/mol. The van der Waals surface area contributed by atoms with Gasteiger partial charge in [-0.2, -0.15) is 0 Å². The molecule has 3 rings (SSSR count). The Morgan fingerprint density at radius 1 is 1.05 bits per heavy atom. The lowest BCUT2D eigenvalue weighted by molar-refractivity contribution is 0.320. The molecule has 0 saturated heterocycles. The van der Waals surface area contributed by atoms with Crippen molar-refractivity contribution in [2.75, 3.05) is 7.11 Å². The summed E-state index contributed by atoms with van der Waals surface area (Å²) in [5.74, 6) is 2.22. The van der Waals surface area contributed by atoms with Crippen LogP contribution in [-0.4, -0.2) is 17.3 Å². The molecule has 2 N–H and O–H groups in total. The Morgan fingerprint density at radius 3 is 2.36 bits per heavy atom. The first-order valence-electron chi connectivity index (χ1n) is 7.70. The van der Waals surface area contributed by atoms with E-state index >= 15 is 0 Å². The lowest BCUT2D eigenvalue weighted by atomic mass is 9.68. The summed E-state index contributed by atoms with van der Waals surface area (Å²) in [5.41, 5.74) is 3.57. The van der Waals surface area contributed by atoms with Gasteiger partial charge >= 0.3 is 0 Å². The van der Waals surface area contributed by atoms with Gasteiger partial charge in [0.2, 0.25) is 0 Å². The van der Waals surface area contributed by atoms with Gasteiger partial charge in [-0.15, -0.1) is 0 Å². The summed E-state index contributed by atoms with van der Waals surface area (Å²) in [6.45, 7) is 4.52. The summed E-state index contributed by atoms with van der Waals surface area (Å²) in [4.78, 5) is 0. The van der Waals surface area contributed by atoms with Gasteiger partial charge in [-0.3, -0.25) is 0 Å². The summed E-state index contributed by atoms with van der Waals surface area (Å²) < 4.78 is 5.25. The van der Waals surface area contributed by atoms with Gasteiger partial charge in [-0.25, -0.2) is 0 Å². The van der Waals surface area contributed by atoms with Crippen LogP contribution < -0.4 is 4.74 Å². The molecule has 22 heavy (non-hydrogen) atoms. The third-order valence-corrected chi connectivity index (χ3v) is 4.99. The summed E-state index contributed by atoms with van der Waals surface area (Å²) in [5, 5.41) is 19.7. The van der Waals surface area contributed by atoms with Crippen LogP contribution in [0, 0.1) is 11.8 Å². The molecule has 3 heteroatoms.